The Morgan fingerprint density at radius 2 is 1.82 bits per heavy atom. The van der Waals surface area contributed by atoms with E-state index in [1.807, 2.05) is 23.7 Å². The molecule has 1 aliphatic heterocycles. The fourth-order valence-corrected chi connectivity index (χ4v) is 4.51. The number of H-pyrrole nitrogens is 1. The van der Waals surface area contributed by atoms with Crippen molar-refractivity contribution in [3.8, 4) is 0 Å². The molecule has 1 amide bonds. The maximum atomic E-state index is 12.9. The van der Waals surface area contributed by atoms with Crippen LogP contribution >= 0.6 is 11.8 Å². The highest BCUT2D eigenvalue weighted by Gasteiger charge is 2.26. The molecule has 22 heavy (non-hydrogen) atoms. The third-order valence-corrected chi connectivity index (χ3v) is 5.94. The molecule has 0 bridgehead atoms. The lowest BCUT2D eigenvalue weighted by Gasteiger charge is -2.30. The molecule has 1 aromatic heterocycles. The smallest absolute Gasteiger partial charge is 0.270 e. The van der Waals surface area contributed by atoms with Gasteiger partial charge in [0.05, 0.1) is 0 Å². The van der Waals surface area contributed by atoms with Gasteiger partial charge in [-0.15, -0.1) is 0 Å². The monoisotopic (exact) mass is 316 g/mol. The minimum Gasteiger partial charge on any atom is -0.350 e. The van der Waals surface area contributed by atoms with Gasteiger partial charge in [-0.2, -0.15) is 11.8 Å². The van der Waals surface area contributed by atoms with Crippen LogP contribution in [0.5, 0.6) is 0 Å². The molecule has 1 aromatic carbocycles. The van der Waals surface area contributed by atoms with E-state index in [1.165, 1.54) is 16.5 Å². The highest BCUT2D eigenvalue weighted by molar-refractivity contribution is 7.99. The number of thioether (sulfide) groups is 1. The highest BCUT2D eigenvalue weighted by atomic mass is 32.2. The summed E-state index contributed by atoms with van der Waals surface area (Å²) >= 11 is 1.99. The molecule has 0 atom stereocenters. The largest absolute Gasteiger partial charge is 0.350 e. The lowest BCUT2D eigenvalue weighted by Crippen LogP contribution is -2.39. The lowest BCUT2D eigenvalue weighted by atomic mass is 10.0. The Hall–Kier alpha value is -1.42. The zero-order chi connectivity index (χ0) is 15.9. The summed E-state index contributed by atoms with van der Waals surface area (Å²) in [6.45, 7) is 6.26. The predicted octanol–water partition coefficient (Wildman–Crippen LogP) is 4.06. The molecule has 0 spiro atoms. The van der Waals surface area contributed by atoms with Crippen LogP contribution in [0.4, 0.5) is 0 Å². The molecule has 0 aliphatic carbocycles. The molecule has 3 rings (SSSR count). The second-order valence-corrected chi connectivity index (χ2v) is 7.56. The molecular weight excluding hydrogens is 292 g/mol. The van der Waals surface area contributed by atoms with Crippen molar-refractivity contribution in [1.82, 2.24) is 9.88 Å². The van der Waals surface area contributed by atoms with Gasteiger partial charge in [-0.05, 0) is 61.8 Å². The zero-order valence-corrected chi connectivity index (χ0v) is 14.6. The number of hydrogen-bond acceptors (Lipinski definition) is 2. The minimum absolute atomic E-state index is 0.129. The van der Waals surface area contributed by atoms with E-state index in [4.69, 9.17) is 0 Å². The van der Waals surface area contributed by atoms with Crippen LogP contribution in [0.3, 0.4) is 0 Å². The Morgan fingerprint density at radius 3 is 2.45 bits per heavy atom. The molecule has 3 nitrogen and oxygen atoms in total. The number of carbonyl (C=O) groups excluding carboxylic acids is 1. The number of carbonyl (C=O) groups is 1. The van der Waals surface area contributed by atoms with Crippen molar-refractivity contribution in [3.05, 3.63) is 34.5 Å². The van der Waals surface area contributed by atoms with Crippen LogP contribution in [0.1, 0.15) is 40.0 Å². The first-order valence-electron chi connectivity index (χ1n) is 7.94. The van der Waals surface area contributed by atoms with Crippen molar-refractivity contribution in [3.63, 3.8) is 0 Å². The van der Waals surface area contributed by atoms with Crippen LogP contribution in [0.25, 0.3) is 10.9 Å². The molecular formula is C18H24N2OS. The van der Waals surface area contributed by atoms with Gasteiger partial charge in [0, 0.05) is 24.0 Å². The van der Waals surface area contributed by atoms with Gasteiger partial charge in [0.1, 0.15) is 5.69 Å². The first kappa shape index (κ1) is 15.5. The van der Waals surface area contributed by atoms with E-state index in [0.717, 1.165) is 41.1 Å². The van der Waals surface area contributed by atoms with E-state index in [-0.39, 0.29) is 5.91 Å². The van der Waals surface area contributed by atoms with Crippen molar-refractivity contribution in [2.45, 2.75) is 39.7 Å². The zero-order valence-electron chi connectivity index (χ0n) is 13.8. The highest BCUT2D eigenvalue weighted by Crippen LogP contribution is 2.29. The summed E-state index contributed by atoms with van der Waals surface area (Å²) in [5, 5.41) is 1.20. The SMILES string of the molecule is Cc1ccc(C)c2c(C)c(C(=O)N(C)C3CCSCC3)[nH]c12. The van der Waals surface area contributed by atoms with Crippen LogP contribution in [0.15, 0.2) is 12.1 Å². The molecule has 2 heterocycles. The second-order valence-electron chi connectivity index (χ2n) is 6.33. The molecule has 0 unspecified atom stereocenters. The summed E-state index contributed by atoms with van der Waals surface area (Å²) in [5.74, 6) is 2.45. The van der Waals surface area contributed by atoms with E-state index in [9.17, 15) is 4.79 Å². The van der Waals surface area contributed by atoms with Gasteiger partial charge in [-0.1, -0.05) is 12.1 Å². The number of nitrogens with one attached hydrogen (secondary N) is 1. The molecule has 118 valence electrons. The molecule has 2 aromatic rings. The standard InChI is InChI=1S/C18H24N2OS/c1-11-5-6-12(2)16-15(11)13(3)17(19-16)18(21)20(4)14-7-9-22-10-8-14/h5-6,14,19H,7-10H2,1-4H3. The molecule has 4 heteroatoms. The van der Waals surface area contributed by atoms with Crippen molar-refractivity contribution >= 4 is 28.6 Å². The third-order valence-electron chi connectivity index (χ3n) is 4.89. The van der Waals surface area contributed by atoms with Crippen molar-refractivity contribution in [2.75, 3.05) is 18.6 Å². The summed E-state index contributed by atoms with van der Waals surface area (Å²) in [4.78, 5) is 18.3. The van der Waals surface area contributed by atoms with Gasteiger partial charge < -0.3 is 9.88 Å². The van der Waals surface area contributed by atoms with Crippen LogP contribution in [0, 0.1) is 20.8 Å². The van der Waals surface area contributed by atoms with Crippen LogP contribution < -0.4 is 0 Å². The molecule has 1 fully saturated rings. The molecule has 1 saturated heterocycles. The number of aryl methyl sites for hydroxylation is 3. The maximum absolute atomic E-state index is 12.9. The number of rotatable bonds is 2. The van der Waals surface area contributed by atoms with Crippen LogP contribution in [-0.2, 0) is 0 Å². The molecule has 0 saturated carbocycles. The topological polar surface area (TPSA) is 36.1 Å². The lowest BCUT2D eigenvalue weighted by molar-refractivity contribution is 0.0718. The Morgan fingerprint density at radius 1 is 1.18 bits per heavy atom. The Labute approximate surface area is 136 Å². The van der Waals surface area contributed by atoms with E-state index in [0.29, 0.717) is 6.04 Å². The average molecular weight is 316 g/mol. The minimum atomic E-state index is 0.129. The quantitative estimate of drug-likeness (QED) is 0.907. The summed E-state index contributed by atoms with van der Waals surface area (Å²) < 4.78 is 0. The van der Waals surface area contributed by atoms with E-state index in [2.05, 4.69) is 37.9 Å². The maximum Gasteiger partial charge on any atom is 0.270 e. The summed E-state index contributed by atoms with van der Waals surface area (Å²) in [7, 11) is 1.95. The summed E-state index contributed by atoms with van der Waals surface area (Å²) in [5.41, 5.74) is 5.37. The van der Waals surface area contributed by atoms with Crippen molar-refractivity contribution in [2.24, 2.45) is 0 Å². The number of fused-ring (bicyclic) bond motifs is 1. The van der Waals surface area contributed by atoms with Crippen molar-refractivity contribution < 1.29 is 4.79 Å². The van der Waals surface area contributed by atoms with Gasteiger partial charge >= 0.3 is 0 Å². The Bertz CT molecular complexity index is 713. The third kappa shape index (κ3) is 2.54. The van der Waals surface area contributed by atoms with Crippen LogP contribution in [0.2, 0.25) is 0 Å². The Balaban J connectivity index is 1.99. The van der Waals surface area contributed by atoms with Gasteiger partial charge in [-0.3, -0.25) is 4.79 Å². The number of hydrogen-bond donors (Lipinski definition) is 1. The van der Waals surface area contributed by atoms with E-state index >= 15 is 0 Å². The molecule has 1 aliphatic rings. The number of amides is 1. The summed E-state index contributed by atoms with van der Waals surface area (Å²) in [6, 6.07) is 4.63. The Kier molecular flexibility index (Phi) is 4.22. The van der Waals surface area contributed by atoms with E-state index < -0.39 is 0 Å². The fourth-order valence-electron chi connectivity index (χ4n) is 3.43. The van der Waals surface area contributed by atoms with Crippen molar-refractivity contribution in [1.29, 1.82) is 0 Å². The second kappa shape index (κ2) is 5.99. The average Bonchev–Trinajstić information content (AvgIpc) is 2.89. The fraction of sp³-hybridized carbons (Fsp3) is 0.500. The summed E-state index contributed by atoms with van der Waals surface area (Å²) in [6.07, 6.45) is 2.20. The number of aromatic nitrogens is 1. The molecule has 0 radical (unpaired) electrons. The van der Waals surface area contributed by atoms with Gasteiger partial charge in [0.25, 0.3) is 5.91 Å². The first-order valence-corrected chi connectivity index (χ1v) is 9.09. The molecule has 1 N–H and O–H groups in total. The normalized spacial score (nSPS) is 16.2. The number of aromatic amines is 1. The number of nitrogens with zero attached hydrogens (tertiary/aromatic N) is 1. The number of benzene rings is 1. The van der Waals surface area contributed by atoms with E-state index in [1.54, 1.807) is 0 Å². The van der Waals surface area contributed by atoms with Crippen LogP contribution in [-0.4, -0.2) is 40.4 Å². The predicted molar refractivity (Wildman–Crippen MR) is 95.0 cm³/mol. The van der Waals surface area contributed by atoms with Gasteiger partial charge in [0.2, 0.25) is 0 Å². The van der Waals surface area contributed by atoms with Gasteiger partial charge in [0.15, 0.2) is 0 Å². The van der Waals surface area contributed by atoms with Gasteiger partial charge in [-0.25, -0.2) is 0 Å². The first-order chi connectivity index (χ1) is 10.5.